The van der Waals surface area contributed by atoms with Crippen molar-refractivity contribution in [2.45, 2.75) is 32.7 Å². The number of hydrogen-bond donors (Lipinski definition) is 0. The summed E-state index contributed by atoms with van der Waals surface area (Å²) in [6, 6.07) is 13.7. The Bertz CT molecular complexity index is 809. The van der Waals surface area contributed by atoms with E-state index in [1.807, 2.05) is 12.1 Å². The van der Waals surface area contributed by atoms with Gasteiger partial charge in [0.05, 0.1) is 27.7 Å². The fourth-order valence-electron chi connectivity index (χ4n) is 2.81. The second-order valence-corrected chi connectivity index (χ2v) is 6.44. The third kappa shape index (κ3) is 3.68. The normalized spacial score (nSPS) is 11.1. The fraction of sp³-hybridized carbons (Fsp3) is 0.316. The van der Waals surface area contributed by atoms with E-state index >= 15 is 0 Å². The lowest BCUT2D eigenvalue weighted by atomic mass is 10.3. The molecule has 0 aliphatic carbocycles. The molecule has 0 fully saturated rings. The van der Waals surface area contributed by atoms with Gasteiger partial charge in [-0.05, 0) is 37.1 Å². The summed E-state index contributed by atoms with van der Waals surface area (Å²) >= 11 is 12.2. The lowest BCUT2D eigenvalue weighted by Gasteiger charge is -2.11. The number of nitrogens with zero attached hydrogens (tertiary/aromatic N) is 2. The molecule has 2 aromatic carbocycles. The first kappa shape index (κ1) is 17.1. The van der Waals surface area contributed by atoms with Crippen LogP contribution in [0.25, 0.3) is 11.0 Å². The molecule has 1 aromatic heterocycles. The van der Waals surface area contributed by atoms with Gasteiger partial charge in [0.15, 0.2) is 5.75 Å². The summed E-state index contributed by atoms with van der Waals surface area (Å²) in [6.45, 7) is 3.67. The van der Waals surface area contributed by atoms with Crippen LogP contribution in [0.2, 0.25) is 10.0 Å². The standard InChI is InChI=1S/C19H20Cl2N2O/c1-2-18-22-16-10-3-4-11-17(16)23(18)12-5-6-13-24-19-14(20)8-7-9-15(19)21/h3-4,7-11H,2,5-6,12-13H2,1H3. The molecule has 0 amide bonds. The van der Waals surface area contributed by atoms with Gasteiger partial charge in [-0.25, -0.2) is 4.98 Å². The fourth-order valence-corrected chi connectivity index (χ4v) is 3.32. The Balaban J connectivity index is 1.57. The van der Waals surface area contributed by atoms with Gasteiger partial charge in [-0.1, -0.05) is 48.3 Å². The van der Waals surface area contributed by atoms with Crippen LogP contribution in [0.4, 0.5) is 0 Å². The molecule has 5 heteroatoms. The van der Waals surface area contributed by atoms with Crippen LogP contribution in [0.1, 0.15) is 25.6 Å². The summed E-state index contributed by atoms with van der Waals surface area (Å²) in [7, 11) is 0. The molecule has 0 aliphatic rings. The van der Waals surface area contributed by atoms with Gasteiger partial charge in [-0.3, -0.25) is 0 Å². The van der Waals surface area contributed by atoms with Crippen molar-refractivity contribution in [2.24, 2.45) is 0 Å². The molecule has 3 aromatic rings. The summed E-state index contributed by atoms with van der Waals surface area (Å²) in [5.41, 5.74) is 2.26. The molecule has 1 heterocycles. The first-order chi connectivity index (χ1) is 11.7. The maximum atomic E-state index is 6.11. The molecule has 0 unspecified atom stereocenters. The van der Waals surface area contributed by atoms with E-state index in [0.29, 0.717) is 22.4 Å². The molecule has 24 heavy (non-hydrogen) atoms. The number of para-hydroxylation sites is 3. The maximum Gasteiger partial charge on any atom is 0.156 e. The predicted molar refractivity (Wildman–Crippen MR) is 100 cm³/mol. The number of aromatic nitrogens is 2. The molecule has 0 radical (unpaired) electrons. The predicted octanol–water partition coefficient (Wildman–Crippen LogP) is 5.76. The number of rotatable bonds is 7. The van der Waals surface area contributed by atoms with Crippen LogP contribution in [0, 0.1) is 0 Å². The average molecular weight is 363 g/mol. The monoisotopic (exact) mass is 362 g/mol. The number of halogens is 2. The molecule has 126 valence electrons. The number of imidazole rings is 1. The number of hydrogen-bond acceptors (Lipinski definition) is 2. The van der Waals surface area contributed by atoms with E-state index in [1.54, 1.807) is 12.1 Å². The summed E-state index contributed by atoms with van der Waals surface area (Å²) in [5.74, 6) is 1.70. The molecular formula is C19H20Cl2N2O. The maximum absolute atomic E-state index is 6.11. The van der Waals surface area contributed by atoms with Crippen molar-refractivity contribution in [3.8, 4) is 5.75 Å². The van der Waals surface area contributed by atoms with Gasteiger partial charge in [0.2, 0.25) is 0 Å². The lowest BCUT2D eigenvalue weighted by Crippen LogP contribution is -2.05. The molecule has 0 saturated carbocycles. The van der Waals surface area contributed by atoms with E-state index in [4.69, 9.17) is 32.9 Å². The van der Waals surface area contributed by atoms with E-state index in [2.05, 4.69) is 29.7 Å². The van der Waals surface area contributed by atoms with Crippen LogP contribution < -0.4 is 4.74 Å². The van der Waals surface area contributed by atoms with Gasteiger partial charge in [-0.15, -0.1) is 0 Å². The smallest absolute Gasteiger partial charge is 0.156 e. The van der Waals surface area contributed by atoms with Crippen LogP contribution in [0.3, 0.4) is 0 Å². The number of aryl methyl sites for hydroxylation is 2. The highest BCUT2D eigenvalue weighted by Gasteiger charge is 2.09. The number of unbranched alkanes of at least 4 members (excludes halogenated alkanes) is 1. The second-order valence-electron chi connectivity index (χ2n) is 5.63. The molecular weight excluding hydrogens is 343 g/mol. The second kappa shape index (κ2) is 7.91. The highest BCUT2D eigenvalue weighted by atomic mass is 35.5. The van der Waals surface area contributed by atoms with E-state index in [0.717, 1.165) is 37.1 Å². The molecule has 0 saturated heterocycles. The number of fused-ring (bicyclic) bond motifs is 1. The minimum atomic E-state index is 0.552. The summed E-state index contributed by atoms with van der Waals surface area (Å²) in [4.78, 5) is 4.70. The summed E-state index contributed by atoms with van der Waals surface area (Å²) in [6.07, 6.45) is 2.87. The topological polar surface area (TPSA) is 27.1 Å². The zero-order chi connectivity index (χ0) is 16.9. The summed E-state index contributed by atoms with van der Waals surface area (Å²) < 4.78 is 8.05. The average Bonchev–Trinajstić information content (AvgIpc) is 2.95. The zero-order valence-electron chi connectivity index (χ0n) is 13.6. The van der Waals surface area contributed by atoms with Crippen molar-refractivity contribution >= 4 is 34.2 Å². The Labute approximate surface area is 152 Å². The molecule has 0 aliphatic heterocycles. The van der Waals surface area contributed by atoms with Crippen molar-refractivity contribution in [3.63, 3.8) is 0 Å². The van der Waals surface area contributed by atoms with Gasteiger partial charge in [0.25, 0.3) is 0 Å². The first-order valence-corrected chi connectivity index (χ1v) is 8.97. The van der Waals surface area contributed by atoms with Gasteiger partial charge < -0.3 is 9.30 Å². The number of benzene rings is 2. The van der Waals surface area contributed by atoms with Crippen LogP contribution in [0.15, 0.2) is 42.5 Å². The van der Waals surface area contributed by atoms with Crippen LogP contribution in [-0.4, -0.2) is 16.2 Å². The van der Waals surface area contributed by atoms with Crippen LogP contribution in [0.5, 0.6) is 5.75 Å². The van der Waals surface area contributed by atoms with E-state index < -0.39 is 0 Å². The molecule has 0 bridgehead atoms. The quantitative estimate of drug-likeness (QED) is 0.499. The van der Waals surface area contributed by atoms with Crippen molar-refractivity contribution in [2.75, 3.05) is 6.61 Å². The Morgan fingerprint density at radius 2 is 1.75 bits per heavy atom. The van der Waals surface area contributed by atoms with E-state index in [-0.39, 0.29) is 0 Å². The first-order valence-electron chi connectivity index (χ1n) is 8.21. The van der Waals surface area contributed by atoms with Crippen molar-refractivity contribution in [1.29, 1.82) is 0 Å². The minimum Gasteiger partial charge on any atom is -0.490 e. The molecule has 0 N–H and O–H groups in total. The third-order valence-electron chi connectivity index (χ3n) is 3.99. The highest BCUT2D eigenvalue weighted by molar-refractivity contribution is 6.37. The Kier molecular flexibility index (Phi) is 5.64. The van der Waals surface area contributed by atoms with Crippen LogP contribution >= 0.6 is 23.2 Å². The molecule has 0 atom stereocenters. The van der Waals surface area contributed by atoms with Gasteiger partial charge in [0, 0.05) is 13.0 Å². The Morgan fingerprint density at radius 1 is 1.00 bits per heavy atom. The highest BCUT2D eigenvalue weighted by Crippen LogP contribution is 2.32. The molecule has 0 spiro atoms. The SMILES string of the molecule is CCc1nc2ccccc2n1CCCCOc1c(Cl)cccc1Cl. The van der Waals surface area contributed by atoms with E-state index in [9.17, 15) is 0 Å². The Hall–Kier alpha value is -1.71. The Morgan fingerprint density at radius 3 is 2.50 bits per heavy atom. The van der Waals surface area contributed by atoms with Gasteiger partial charge >= 0.3 is 0 Å². The molecule has 3 rings (SSSR count). The lowest BCUT2D eigenvalue weighted by molar-refractivity contribution is 0.303. The summed E-state index contributed by atoms with van der Waals surface area (Å²) in [5, 5.41) is 1.10. The molecule has 3 nitrogen and oxygen atoms in total. The van der Waals surface area contributed by atoms with Gasteiger partial charge in [0.1, 0.15) is 5.82 Å². The van der Waals surface area contributed by atoms with E-state index in [1.165, 1.54) is 5.52 Å². The van der Waals surface area contributed by atoms with Crippen molar-refractivity contribution < 1.29 is 4.74 Å². The van der Waals surface area contributed by atoms with Crippen molar-refractivity contribution in [3.05, 3.63) is 58.3 Å². The van der Waals surface area contributed by atoms with Gasteiger partial charge in [-0.2, -0.15) is 0 Å². The third-order valence-corrected chi connectivity index (χ3v) is 4.59. The number of ether oxygens (including phenoxy) is 1. The van der Waals surface area contributed by atoms with Crippen molar-refractivity contribution in [1.82, 2.24) is 9.55 Å². The zero-order valence-corrected chi connectivity index (χ0v) is 15.1. The van der Waals surface area contributed by atoms with Crippen LogP contribution in [-0.2, 0) is 13.0 Å². The largest absolute Gasteiger partial charge is 0.490 e. The minimum absolute atomic E-state index is 0.552.